The van der Waals surface area contributed by atoms with Crippen LogP contribution in [0.4, 0.5) is 5.13 Å². The lowest BCUT2D eigenvalue weighted by Gasteiger charge is -2.26. The number of aromatic nitrogens is 1. The summed E-state index contributed by atoms with van der Waals surface area (Å²) in [7, 11) is 0. The van der Waals surface area contributed by atoms with E-state index >= 15 is 0 Å². The van der Waals surface area contributed by atoms with Crippen molar-refractivity contribution in [3.8, 4) is 0 Å². The predicted octanol–water partition coefficient (Wildman–Crippen LogP) is 3.96. The molecule has 7 heteroatoms. The maximum atomic E-state index is 12.7. The summed E-state index contributed by atoms with van der Waals surface area (Å²) in [6.45, 7) is 3.18. The number of nitrogens with one attached hydrogen (secondary N) is 1. The van der Waals surface area contributed by atoms with E-state index in [1.54, 1.807) is 6.07 Å². The molecular weight excluding hydrogens is 366 g/mol. The number of amides is 2. The zero-order chi connectivity index (χ0) is 18.1. The van der Waals surface area contributed by atoms with Crippen molar-refractivity contribution in [2.45, 2.75) is 19.9 Å². The van der Waals surface area contributed by atoms with Crippen LogP contribution in [0.3, 0.4) is 0 Å². The number of anilines is 1. The molecule has 0 unspecified atom stereocenters. The van der Waals surface area contributed by atoms with Gasteiger partial charge in [0.25, 0.3) is 11.8 Å². The lowest BCUT2D eigenvalue weighted by molar-refractivity contribution is 0.0736. The number of rotatable bonds is 3. The number of carbonyl (C=O) groups excluding carboxylic acids is 2. The average Bonchev–Trinajstić information content (AvgIpc) is 3.30. The molecule has 132 valence electrons. The Hall–Kier alpha value is -2.51. The third-order valence-electron chi connectivity index (χ3n) is 4.32. The first-order valence-electron chi connectivity index (χ1n) is 8.28. The van der Waals surface area contributed by atoms with E-state index in [1.165, 1.54) is 22.7 Å². The number of aryl methyl sites for hydroxylation is 1. The summed E-state index contributed by atoms with van der Waals surface area (Å²) < 4.78 is 0. The molecule has 0 aliphatic carbocycles. The van der Waals surface area contributed by atoms with Gasteiger partial charge in [0.1, 0.15) is 0 Å². The summed E-state index contributed by atoms with van der Waals surface area (Å²) in [6.07, 6.45) is 0.706. The number of carbonyl (C=O) groups is 2. The van der Waals surface area contributed by atoms with Gasteiger partial charge in [0, 0.05) is 28.8 Å². The molecule has 0 radical (unpaired) electrons. The van der Waals surface area contributed by atoms with Crippen molar-refractivity contribution >= 4 is 39.6 Å². The maximum absolute atomic E-state index is 12.7. The Bertz CT molecular complexity index is 946. The van der Waals surface area contributed by atoms with Gasteiger partial charge in [-0.1, -0.05) is 29.0 Å². The van der Waals surface area contributed by atoms with Crippen molar-refractivity contribution < 1.29 is 9.59 Å². The molecule has 0 atom stereocenters. The quantitative estimate of drug-likeness (QED) is 0.745. The van der Waals surface area contributed by atoms with Crippen LogP contribution in [0.1, 0.15) is 36.9 Å². The van der Waals surface area contributed by atoms with Crippen LogP contribution in [0.5, 0.6) is 0 Å². The zero-order valence-corrected chi connectivity index (χ0v) is 15.8. The second kappa shape index (κ2) is 7.01. The molecule has 1 aliphatic rings. The minimum Gasteiger partial charge on any atom is -0.333 e. The summed E-state index contributed by atoms with van der Waals surface area (Å²) >= 11 is 2.93. The van der Waals surface area contributed by atoms with Gasteiger partial charge in [-0.25, -0.2) is 4.98 Å². The second-order valence-electron chi connectivity index (χ2n) is 6.20. The topological polar surface area (TPSA) is 62.3 Å². The van der Waals surface area contributed by atoms with Crippen LogP contribution >= 0.6 is 22.7 Å². The highest BCUT2D eigenvalue weighted by Gasteiger charge is 2.25. The lowest BCUT2D eigenvalue weighted by atomic mass is 10.1. The van der Waals surface area contributed by atoms with E-state index in [0.717, 1.165) is 16.1 Å². The minimum atomic E-state index is -0.148. The first-order chi connectivity index (χ1) is 12.6. The molecule has 4 rings (SSSR count). The van der Waals surface area contributed by atoms with Crippen molar-refractivity contribution in [3.63, 3.8) is 0 Å². The smallest absolute Gasteiger partial charge is 0.258 e. The molecule has 0 saturated heterocycles. The number of hydrogen-bond donors (Lipinski definition) is 1. The van der Waals surface area contributed by atoms with Gasteiger partial charge < -0.3 is 4.90 Å². The number of fused-ring (bicyclic) bond motifs is 1. The van der Waals surface area contributed by atoms with Gasteiger partial charge >= 0.3 is 0 Å². The highest BCUT2D eigenvalue weighted by molar-refractivity contribution is 7.16. The largest absolute Gasteiger partial charge is 0.333 e. The molecule has 26 heavy (non-hydrogen) atoms. The number of hydrogen-bond acceptors (Lipinski definition) is 5. The van der Waals surface area contributed by atoms with Crippen molar-refractivity contribution in [3.05, 3.63) is 68.4 Å². The molecule has 3 heterocycles. The van der Waals surface area contributed by atoms with E-state index in [2.05, 4.69) is 10.3 Å². The predicted molar refractivity (Wildman–Crippen MR) is 104 cm³/mol. The Labute approximate surface area is 159 Å². The van der Waals surface area contributed by atoms with Crippen LogP contribution in [0.2, 0.25) is 0 Å². The van der Waals surface area contributed by atoms with Crippen LogP contribution in [-0.2, 0) is 13.0 Å². The van der Waals surface area contributed by atoms with Gasteiger partial charge in [0.05, 0.1) is 17.8 Å². The summed E-state index contributed by atoms with van der Waals surface area (Å²) in [5, 5.41) is 7.13. The fraction of sp³-hybridized carbons (Fsp3) is 0.211. The average molecular weight is 383 g/mol. The van der Waals surface area contributed by atoms with Crippen molar-refractivity contribution in [1.29, 1.82) is 0 Å². The SMILES string of the molecule is Cc1ccc(C(=O)N2CCc3nc(NC(=O)c4ccsc4)sc3C2)cc1. The van der Waals surface area contributed by atoms with Gasteiger partial charge in [-0.2, -0.15) is 11.3 Å². The van der Waals surface area contributed by atoms with E-state index in [9.17, 15) is 9.59 Å². The molecule has 2 aromatic heterocycles. The Morgan fingerprint density at radius 2 is 1.96 bits per heavy atom. The van der Waals surface area contributed by atoms with Crippen LogP contribution in [0.15, 0.2) is 41.1 Å². The fourth-order valence-electron chi connectivity index (χ4n) is 2.86. The van der Waals surface area contributed by atoms with Crippen LogP contribution in [0, 0.1) is 6.92 Å². The van der Waals surface area contributed by atoms with Gasteiger partial charge in [-0.15, -0.1) is 0 Å². The fourth-order valence-corrected chi connectivity index (χ4v) is 4.52. The molecule has 2 amide bonds. The van der Waals surface area contributed by atoms with Gasteiger partial charge in [-0.3, -0.25) is 14.9 Å². The Balaban J connectivity index is 1.47. The second-order valence-corrected chi connectivity index (χ2v) is 8.06. The molecular formula is C19H17N3O2S2. The van der Waals surface area contributed by atoms with Crippen LogP contribution < -0.4 is 5.32 Å². The molecule has 5 nitrogen and oxygen atoms in total. The standard InChI is InChI=1S/C19H17N3O2S2/c1-12-2-4-13(5-3-12)18(24)22-8-6-15-16(10-22)26-19(20-15)21-17(23)14-7-9-25-11-14/h2-5,7,9,11H,6,8,10H2,1H3,(H,20,21,23). The van der Waals surface area contributed by atoms with E-state index < -0.39 is 0 Å². The third kappa shape index (κ3) is 3.40. The normalized spacial score (nSPS) is 13.3. The Morgan fingerprint density at radius 3 is 2.69 bits per heavy atom. The summed E-state index contributed by atoms with van der Waals surface area (Å²) in [4.78, 5) is 32.3. The highest BCUT2D eigenvalue weighted by atomic mass is 32.1. The lowest BCUT2D eigenvalue weighted by Crippen LogP contribution is -2.35. The molecule has 1 N–H and O–H groups in total. The van der Waals surface area contributed by atoms with Crippen molar-refractivity contribution in [2.24, 2.45) is 0 Å². The molecule has 1 aliphatic heterocycles. The monoisotopic (exact) mass is 383 g/mol. The molecule has 0 spiro atoms. The van der Waals surface area contributed by atoms with Crippen LogP contribution in [-0.4, -0.2) is 28.2 Å². The number of benzene rings is 1. The van der Waals surface area contributed by atoms with E-state index in [1.807, 2.05) is 46.8 Å². The zero-order valence-electron chi connectivity index (χ0n) is 14.2. The summed E-state index contributed by atoms with van der Waals surface area (Å²) in [5.41, 5.74) is 3.45. The van der Waals surface area contributed by atoms with Gasteiger partial charge in [0.15, 0.2) is 5.13 Å². The molecule has 3 aromatic rings. The molecule has 0 saturated carbocycles. The molecule has 0 bridgehead atoms. The Morgan fingerprint density at radius 1 is 1.15 bits per heavy atom. The first-order valence-corrected chi connectivity index (χ1v) is 10.0. The number of thiophene rings is 1. The van der Waals surface area contributed by atoms with Gasteiger partial charge in [-0.05, 0) is 30.5 Å². The van der Waals surface area contributed by atoms with Crippen molar-refractivity contribution in [2.75, 3.05) is 11.9 Å². The van der Waals surface area contributed by atoms with E-state index in [4.69, 9.17) is 0 Å². The Kier molecular flexibility index (Phi) is 4.57. The first kappa shape index (κ1) is 16.9. The molecule has 1 aromatic carbocycles. The van der Waals surface area contributed by atoms with Gasteiger partial charge in [0.2, 0.25) is 0 Å². The third-order valence-corrected chi connectivity index (χ3v) is 6.00. The molecule has 0 fully saturated rings. The highest BCUT2D eigenvalue weighted by Crippen LogP contribution is 2.29. The van der Waals surface area contributed by atoms with Crippen LogP contribution in [0.25, 0.3) is 0 Å². The number of nitrogens with zero attached hydrogens (tertiary/aromatic N) is 2. The van der Waals surface area contributed by atoms with E-state index in [-0.39, 0.29) is 11.8 Å². The minimum absolute atomic E-state index is 0.0351. The summed E-state index contributed by atoms with van der Waals surface area (Å²) in [6, 6.07) is 9.43. The number of thiazole rings is 1. The maximum Gasteiger partial charge on any atom is 0.258 e. The van der Waals surface area contributed by atoms with Crippen molar-refractivity contribution in [1.82, 2.24) is 9.88 Å². The summed E-state index contributed by atoms with van der Waals surface area (Å²) in [5.74, 6) is -0.113. The van der Waals surface area contributed by atoms with E-state index in [0.29, 0.717) is 35.8 Å².